The molecule has 0 atom stereocenters. The number of amides is 1. The molecule has 0 aromatic carbocycles. The van der Waals surface area contributed by atoms with Crippen LogP contribution < -0.4 is 4.90 Å². The highest BCUT2D eigenvalue weighted by atomic mass is 32.2. The van der Waals surface area contributed by atoms with Gasteiger partial charge in [-0.2, -0.15) is 13.2 Å². The minimum absolute atomic E-state index is 0.293. The van der Waals surface area contributed by atoms with Gasteiger partial charge in [-0.25, -0.2) is 14.7 Å². The molecule has 0 bridgehead atoms. The van der Waals surface area contributed by atoms with Crippen molar-refractivity contribution >= 4 is 34.3 Å². The van der Waals surface area contributed by atoms with Crippen molar-refractivity contribution in [2.24, 2.45) is 0 Å². The van der Waals surface area contributed by atoms with Crippen molar-refractivity contribution in [1.29, 1.82) is 0 Å². The topological polar surface area (TPSA) is 68.2 Å². The monoisotopic (exact) mass is 348 g/mol. The van der Waals surface area contributed by atoms with E-state index in [1.54, 1.807) is 0 Å². The second kappa shape index (κ2) is 5.72. The Hall–Kier alpha value is -1.88. The van der Waals surface area contributed by atoms with Gasteiger partial charge < -0.3 is 4.74 Å². The van der Waals surface area contributed by atoms with Crippen molar-refractivity contribution in [3.63, 3.8) is 0 Å². The molecule has 1 fully saturated rings. The van der Waals surface area contributed by atoms with Crippen LogP contribution in [0.1, 0.15) is 5.56 Å². The first kappa shape index (κ1) is 15.0. The zero-order chi connectivity index (χ0) is 15.7. The molecule has 0 unspecified atom stereocenters. The van der Waals surface area contributed by atoms with Crippen molar-refractivity contribution in [2.45, 2.75) is 15.5 Å². The van der Waals surface area contributed by atoms with E-state index in [0.29, 0.717) is 27.6 Å². The van der Waals surface area contributed by atoms with Crippen LogP contribution >= 0.6 is 23.1 Å². The number of nitrogens with zero attached hydrogens (tertiary/aromatic N) is 4. The van der Waals surface area contributed by atoms with Crippen LogP contribution in [0.3, 0.4) is 0 Å². The number of halogens is 3. The smallest absolute Gasteiger partial charge is 0.417 e. The largest absolute Gasteiger partial charge is 0.447 e. The Kier molecular flexibility index (Phi) is 3.91. The van der Waals surface area contributed by atoms with Gasteiger partial charge in [-0.3, -0.25) is 0 Å². The van der Waals surface area contributed by atoms with Crippen molar-refractivity contribution < 1.29 is 22.7 Å². The van der Waals surface area contributed by atoms with Crippen molar-refractivity contribution in [2.75, 3.05) is 18.1 Å². The van der Waals surface area contributed by atoms with Gasteiger partial charge >= 0.3 is 12.3 Å². The van der Waals surface area contributed by atoms with Crippen LogP contribution in [-0.2, 0) is 10.9 Å². The number of ether oxygens (including phenoxy) is 1. The van der Waals surface area contributed by atoms with Crippen LogP contribution in [0.2, 0.25) is 0 Å². The number of carbonyl (C=O) groups excluding carboxylic acids is 1. The average Bonchev–Trinajstić information content (AvgIpc) is 3.07. The van der Waals surface area contributed by atoms with Gasteiger partial charge in [0.15, 0.2) is 4.34 Å². The van der Waals surface area contributed by atoms with Crippen LogP contribution in [0.15, 0.2) is 27.7 Å². The van der Waals surface area contributed by atoms with Gasteiger partial charge in [0.1, 0.15) is 11.6 Å². The number of rotatable bonds is 3. The maximum atomic E-state index is 12.4. The number of hydrogen-bond donors (Lipinski definition) is 0. The number of anilines is 1. The fourth-order valence-electron chi connectivity index (χ4n) is 1.62. The Morgan fingerprint density at radius 3 is 2.73 bits per heavy atom. The van der Waals surface area contributed by atoms with E-state index in [4.69, 9.17) is 4.74 Å². The van der Waals surface area contributed by atoms with Gasteiger partial charge in [0.25, 0.3) is 0 Å². The first-order chi connectivity index (χ1) is 10.4. The lowest BCUT2D eigenvalue weighted by atomic mass is 10.3. The molecule has 0 saturated carbocycles. The molecule has 0 N–H and O–H groups in total. The van der Waals surface area contributed by atoms with E-state index >= 15 is 0 Å². The molecule has 11 heteroatoms. The van der Waals surface area contributed by atoms with Crippen molar-refractivity contribution in [1.82, 2.24) is 15.2 Å². The zero-order valence-corrected chi connectivity index (χ0v) is 12.3. The SMILES string of the molecule is O=C1OCCN1c1nnc(Sc2ccc(C(F)(F)F)cn2)s1. The van der Waals surface area contributed by atoms with E-state index < -0.39 is 17.8 Å². The number of cyclic esters (lactones) is 1. The molecular formula is C11H7F3N4O2S2. The standard InChI is InChI=1S/C11H7F3N4O2S2/c12-11(13,14)6-1-2-7(15-5-6)21-9-17-16-8(22-9)18-3-4-20-10(18)19/h1-2,5H,3-4H2. The number of aromatic nitrogens is 3. The predicted octanol–water partition coefficient (Wildman–Crippen LogP) is 3.06. The van der Waals surface area contributed by atoms with E-state index in [-0.39, 0.29) is 0 Å². The molecule has 2 aromatic rings. The highest BCUT2D eigenvalue weighted by Gasteiger charge is 2.31. The van der Waals surface area contributed by atoms with Crippen molar-refractivity contribution in [3.05, 3.63) is 23.9 Å². The third-order valence-corrected chi connectivity index (χ3v) is 4.59. The quantitative estimate of drug-likeness (QED) is 0.794. The van der Waals surface area contributed by atoms with Crippen molar-refractivity contribution in [3.8, 4) is 0 Å². The van der Waals surface area contributed by atoms with Crippen LogP contribution in [-0.4, -0.2) is 34.4 Å². The molecule has 116 valence electrons. The van der Waals surface area contributed by atoms with Gasteiger partial charge in [-0.15, -0.1) is 10.2 Å². The van der Waals surface area contributed by atoms with Crippen LogP contribution in [0.4, 0.5) is 23.1 Å². The Balaban J connectivity index is 1.71. The molecule has 1 saturated heterocycles. The summed E-state index contributed by atoms with van der Waals surface area (Å²) in [5, 5.41) is 8.49. The summed E-state index contributed by atoms with van der Waals surface area (Å²) in [4.78, 5) is 16.5. The summed E-state index contributed by atoms with van der Waals surface area (Å²) in [7, 11) is 0. The molecule has 0 aliphatic carbocycles. The van der Waals surface area contributed by atoms with E-state index in [1.165, 1.54) is 11.0 Å². The Bertz CT molecular complexity index is 689. The molecule has 6 nitrogen and oxygen atoms in total. The summed E-state index contributed by atoms with van der Waals surface area (Å²) in [6.45, 7) is 0.692. The lowest BCUT2D eigenvalue weighted by molar-refractivity contribution is -0.137. The highest BCUT2D eigenvalue weighted by Crippen LogP contribution is 2.34. The summed E-state index contributed by atoms with van der Waals surface area (Å²) in [6.07, 6.45) is -4.13. The molecule has 3 rings (SSSR count). The number of carbonyl (C=O) groups is 1. The molecule has 22 heavy (non-hydrogen) atoms. The third kappa shape index (κ3) is 3.14. The maximum absolute atomic E-state index is 12.4. The van der Waals surface area contributed by atoms with E-state index in [0.717, 1.165) is 35.4 Å². The Labute approximate surface area is 130 Å². The Morgan fingerprint density at radius 1 is 1.32 bits per heavy atom. The maximum Gasteiger partial charge on any atom is 0.417 e. The third-order valence-electron chi connectivity index (χ3n) is 2.64. The minimum Gasteiger partial charge on any atom is -0.447 e. The molecule has 1 aliphatic rings. The second-order valence-electron chi connectivity index (χ2n) is 4.10. The minimum atomic E-state index is -4.41. The molecule has 1 amide bonds. The van der Waals surface area contributed by atoms with Crippen LogP contribution in [0.25, 0.3) is 0 Å². The summed E-state index contributed by atoms with van der Waals surface area (Å²) in [5.41, 5.74) is -0.811. The van der Waals surface area contributed by atoms with E-state index in [1.807, 2.05) is 0 Å². The van der Waals surface area contributed by atoms with E-state index in [2.05, 4.69) is 15.2 Å². The normalized spacial score (nSPS) is 15.2. The highest BCUT2D eigenvalue weighted by molar-refractivity contribution is 8.01. The lowest BCUT2D eigenvalue weighted by Crippen LogP contribution is -2.22. The van der Waals surface area contributed by atoms with E-state index in [9.17, 15) is 18.0 Å². The molecule has 1 aliphatic heterocycles. The van der Waals surface area contributed by atoms with Gasteiger partial charge in [0, 0.05) is 6.20 Å². The fraction of sp³-hybridized carbons (Fsp3) is 0.273. The zero-order valence-electron chi connectivity index (χ0n) is 10.7. The average molecular weight is 348 g/mol. The first-order valence-electron chi connectivity index (χ1n) is 5.92. The van der Waals surface area contributed by atoms with Crippen LogP contribution in [0, 0.1) is 0 Å². The fourth-order valence-corrected chi connectivity index (χ4v) is 3.36. The summed E-state index contributed by atoms with van der Waals surface area (Å²) < 4.78 is 42.6. The Morgan fingerprint density at radius 2 is 2.14 bits per heavy atom. The van der Waals surface area contributed by atoms with Gasteiger partial charge in [-0.1, -0.05) is 11.3 Å². The van der Waals surface area contributed by atoms with Gasteiger partial charge in [0.2, 0.25) is 5.13 Å². The molecule has 0 spiro atoms. The van der Waals surface area contributed by atoms with Gasteiger partial charge in [-0.05, 0) is 23.9 Å². The number of alkyl halides is 3. The molecule has 3 heterocycles. The first-order valence-corrected chi connectivity index (χ1v) is 7.56. The molecular weight excluding hydrogens is 341 g/mol. The predicted molar refractivity (Wildman–Crippen MR) is 72.0 cm³/mol. The molecule has 2 aromatic heterocycles. The lowest BCUT2D eigenvalue weighted by Gasteiger charge is -2.06. The second-order valence-corrected chi connectivity index (χ2v) is 6.32. The van der Waals surface area contributed by atoms with Crippen LogP contribution in [0.5, 0.6) is 0 Å². The van der Waals surface area contributed by atoms with Gasteiger partial charge in [0.05, 0.1) is 12.1 Å². The number of hydrogen-bond acceptors (Lipinski definition) is 7. The molecule has 0 radical (unpaired) electrons. The summed E-state index contributed by atoms with van der Waals surface area (Å²) >= 11 is 2.22. The number of pyridine rings is 1. The summed E-state index contributed by atoms with van der Waals surface area (Å²) in [5.74, 6) is 0. The summed E-state index contributed by atoms with van der Waals surface area (Å²) in [6, 6.07) is 2.22.